The summed E-state index contributed by atoms with van der Waals surface area (Å²) in [7, 11) is 0. The third kappa shape index (κ3) is 4.69. The summed E-state index contributed by atoms with van der Waals surface area (Å²) in [4.78, 5) is 0. The lowest BCUT2D eigenvalue weighted by molar-refractivity contribution is 0.0382. The predicted molar refractivity (Wildman–Crippen MR) is 136 cm³/mol. The average molecular weight is 443 g/mol. The van der Waals surface area contributed by atoms with Crippen LogP contribution in [0.2, 0.25) is 0 Å². The first-order chi connectivity index (χ1) is 15.1. The number of hydrogen-bond acceptors (Lipinski definition) is 2. The van der Waals surface area contributed by atoms with Crippen molar-refractivity contribution in [3.8, 4) is 0 Å². The summed E-state index contributed by atoms with van der Waals surface area (Å²) in [5.74, 6) is 4.38. The zero-order valence-electron chi connectivity index (χ0n) is 21.9. The number of aliphatic hydroxyl groups excluding tert-OH is 2. The first-order valence-electron chi connectivity index (χ1n) is 13.5. The Balaban J connectivity index is 0.000000913. The summed E-state index contributed by atoms with van der Waals surface area (Å²) >= 11 is 0. The van der Waals surface area contributed by atoms with Crippen LogP contribution in [0.1, 0.15) is 93.4 Å². The lowest BCUT2D eigenvalue weighted by atomic mass is 9.50. The van der Waals surface area contributed by atoms with Crippen LogP contribution in [0.5, 0.6) is 0 Å². The Morgan fingerprint density at radius 2 is 1.66 bits per heavy atom. The minimum Gasteiger partial charge on any atom is -0.397 e. The molecule has 2 heteroatoms. The first kappa shape index (κ1) is 25.8. The molecule has 0 aliphatic heterocycles. The van der Waals surface area contributed by atoms with Crippen molar-refractivity contribution in [3.63, 3.8) is 0 Å². The molecule has 0 aromatic heterocycles. The van der Waals surface area contributed by atoms with Crippen molar-refractivity contribution in [2.45, 2.75) is 99.5 Å². The fourth-order valence-electron chi connectivity index (χ4n) is 7.59. The van der Waals surface area contributed by atoms with Crippen LogP contribution in [0.15, 0.2) is 35.5 Å². The maximum atomic E-state index is 10.2. The third-order valence-corrected chi connectivity index (χ3v) is 10.0. The standard InChI is InChI=1S/C28H44O.C2H6O/c1-18(2)19(3)7-8-20(4)24-11-12-25-23-10-9-21-17-22(29)13-15-27(21,5)26(23)14-16-28(24,25)6;1-2-3/h7-10,18-20,22,24-26,29H,11-17H2,1-6H3;3H,2H2,1H3/t19-,20+,22-,24+,25-,26-,27-,28+;/m0./s1. The Hall–Kier alpha value is -0.860. The molecule has 4 rings (SSSR count). The molecule has 2 nitrogen and oxygen atoms in total. The highest BCUT2D eigenvalue weighted by molar-refractivity contribution is 5.39. The van der Waals surface area contributed by atoms with E-state index in [1.807, 2.05) is 0 Å². The normalized spacial score (nSPS) is 40.4. The molecule has 0 spiro atoms. The van der Waals surface area contributed by atoms with Gasteiger partial charge >= 0.3 is 0 Å². The lowest BCUT2D eigenvalue weighted by Gasteiger charge is -2.55. The van der Waals surface area contributed by atoms with E-state index in [1.165, 1.54) is 37.7 Å². The predicted octanol–water partition coefficient (Wildman–Crippen LogP) is 7.33. The van der Waals surface area contributed by atoms with Gasteiger partial charge in [0.2, 0.25) is 0 Å². The molecule has 0 amide bonds. The minimum absolute atomic E-state index is 0.116. The summed E-state index contributed by atoms with van der Waals surface area (Å²) in [5, 5.41) is 17.8. The fraction of sp³-hybridized carbons (Fsp3) is 0.800. The van der Waals surface area contributed by atoms with E-state index in [1.54, 1.807) is 12.5 Å². The van der Waals surface area contributed by atoms with E-state index in [-0.39, 0.29) is 12.7 Å². The van der Waals surface area contributed by atoms with Gasteiger partial charge in [-0.1, -0.05) is 77.0 Å². The highest BCUT2D eigenvalue weighted by atomic mass is 16.3. The van der Waals surface area contributed by atoms with Gasteiger partial charge in [0.1, 0.15) is 0 Å². The van der Waals surface area contributed by atoms with Gasteiger partial charge in [-0.15, -0.1) is 0 Å². The van der Waals surface area contributed by atoms with E-state index in [0.29, 0.717) is 22.7 Å². The van der Waals surface area contributed by atoms with E-state index in [2.05, 4.69) is 65.8 Å². The monoisotopic (exact) mass is 442 g/mol. The van der Waals surface area contributed by atoms with Crippen LogP contribution in [0.4, 0.5) is 0 Å². The molecule has 0 aromatic carbocycles. The van der Waals surface area contributed by atoms with Crippen LogP contribution >= 0.6 is 0 Å². The van der Waals surface area contributed by atoms with Gasteiger partial charge in [-0.05, 0) is 98.2 Å². The van der Waals surface area contributed by atoms with Gasteiger partial charge in [0.05, 0.1) is 6.10 Å². The van der Waals surface area contributed by atoms with Crippen LogP contribution in [0.3, 0.4) is 0 Å². The third-order valence-electron chi connectivity index (χ3n) is 10.0. The molecular formula is C30H50O2. The van der Waals surface area contributed by atoms with Gasteiger partial charge in [-0.25, -0.2) is 0 Å². The largest absolute Gasteiger partial charge is 0.397 e. The van der Waals surface area contributed by atoms with Crippen molar-refractivity contribution in [2.24, 2.45) is 46.3 Å². The molecule has 4 aliphatic rings. The van der Waals surface area contributed by atoms with Crippen LogP contribution in [-0.2, 0) is 0 Å². The maximum Gasteiger partial charge on any atom is 0.0578 e. The molecular weight excluding hydrogens is 392 g/mol. The molecule has 32 heavy (non-hydrogen) atoms. The Morgan fingerprint density at radius 1 is 0.969 bits per heavy atom. The van der Waals surface area contributed by atoms with Crippen molar-refractivity contribution >= 4 is 0 Å². The van der Waals surface area contributed by atoms with Gasteiger partial charge in [0.25, 0.3) is 0 Å². The molecule has 0 unspecified atom stereocenters. The SMILES string of the molecule is CC(C)[C@@H](C)C=C[C@@H](C)[C@H]1CC[C@H]2C3=CC=C4C[C@@H](O)CC[C@]4(C)[C@H]3CC[C@]12C.CCO. The summed E-state index contributed by atoms with van der Waals surface area (Å²) in [6, 6.07) is 0. The fourth-order valence-corrected chi connectivity index (χ4v) is 7.59. The van der Waals surface area contributed by atoms with Gasteiger partial charge < -0.3 is 10.2 Å². The van der Waals surface area contributed by atoms with Crippen molar-refractivity contribution in [2.75, 3.05) is 6.61 Å². The van der Waals surface area contributed by atoms with Crippen molar-refractivity contribution in [1.29, 1.82) is 0 Å². The minimum atomic E-state index is -0.116. The van der Waals surface area contributed by atoms with Crippen molar-refractivity contribution < 1.29 is 10.2 Å². The van der Waals surface area contributed by atoms with E-state index < -0.39 is 0 Å². The van der Waals surface area contributed by atoms with Crippen LogP contribution in [0, 0.1) is 46.3 Å². The summed E-state index contributed by atoms with van der Waals surface area (Å²) in [5.41, 5.74) is 4.07. The van der Waals surface area contributed by atoms with Crippen LogP contribution in [-0.4, -0.2) is 22.9 Å². The molecule has 2 N–H and O–H groups in total. The van der Waals surface area contributed by atoms with Crippen LogP contribution < -0.4 is 0 Å². The lowest BCUT2D eigenvalue weighted by Crippen LogP contribution is -2.46. The molecule has 3 saturated carbocycles. The molecule has 0 heterocycles. The number of hydrogen-bond donors (Lipinski definition) is 2. The van der Waals surface area contributed by atoms with E-state index in [9.17, 15) is 5.11 Å². The van der Waals surface area contributed by atoms with E-state index in [0.717, 1.165) is 36.5 Å². The van der Waals surface area contributed by atoms with Gasteiger partial charge in [0.15, 0.2) is 0 Å². The van der Waals surface area contributed by atoms with Gasteiger partial charge in [-0.2, -0.15) is 0 Å². The highest BCUT2D eigenvalue weighted by Gasteiger charge is 2.56. The highest BCUT2D eigenvalue weighted by Crippen LogP contribution is 2.65. The zero-order chi connectivity index (χ0) is 23.7. The molecule has 0 aromatic rings. The van der Waals surface area contributed by atoms with Crippen molar-refractivity contribution in [1.82, 2.24) is 0 Å². The molecule has 182 valence electrons. The number of fused-ring (bicyclic) bond motifs is 5. The Morgan fingerprint density at radius 3 is 2.31 bits per heavy atom. The number of rotatable bonds is 4. The second kappa shape index (κ2) is 10.2. The Kier molecular flexibility index (Phi) is 8.19. The van der Waals surface area contributed by atoms with Crippen molar-refractivity contribution in [3.05, 3.63) is 35.5 Å². The summed E-state index contributed by atoms with van der Waals surface area (Å²) in [6.45, 7) is 16.6. The quantitative estimate of drug-likeness (QED) is 0.447. The average Bonchev–Trinajstić information content (AvgIpc) is 3.10. The molecule has 0 saturated heterocycles. The maximum absolute atomic E-state index is 10.2. The molecule has 3 fully saturated rings. The molecule has 8 atom stereocenters. The van der Waals surface area contributed by atoms with Gasteiger partial charge in [-0.3, -0.25) is 0 Å². The Bertz CT molecular complexity index is 731. The zero-order valence-corrected chi connectivity index (χ0v) is 21.9. The molecule has 0 radical (unpaired) electrons. The number of allylic oxidation sites excluding steroid dienone is 5. The smallest absolute Gasteiger partial charge is 0.0578 e. The molecule has 0 bridgehead atoms. The summed E-state index contributed by atoms with van der Waals surface area (Å²) in [6.07, 6.45) is 18.4. The first-order valence-corrected chi connectivity index (χ1v) is 13.5. The molecule has 4 aliphatic carbocycles. The summed E-state index contributed by atoms with van der Waals surface area (Å²) < 4.78 is 0. The van der Waals surface area contributed by atoms with Gasteiger partial charge in [0, 0.05) is 6.61 Å². The van der Waals surface area contributed by atoms with E-state index >= 15 is 0 Å². The Labute approximate surface area is 198 Å². The second-order valence-electron chi connectivity index (χ2n) is 12.2. The van der Waals surface area contributed by atoms with Crippen LogP contribution in [0.25, 0.3) is 0 Å². The second-order valence-corrected chi connectivity index (χ2v) is 12.2. The van der Waals surface area contributed by atoms with E-state index in [4.69, 9.17) is 5.11 Å². The number of aliphatic hydroxyl groups is 2. The topological polar surface area (TPSA) is 40.5 Å².